The van der Waals surface area contributed by atoms with Crippen LogP contribution >= 0.6 is 0 Å². The van der Waals surface area contributed by atoms with E-state index in [1.54, 1.807) is 20.3 Å². The molecule has 0 aliphatic heterocycles. The van der Waals surface area contributed by atoms with Crippen molar-refractivity contribution in [3.05, 3.63) is 51.6 Å². The quantitative estimate of drug-likeness (QED) is 0.502. The number of nitro groups is 1. The molecule has 0 aromatic heterocycles. The molecular weight excluding hydrogens is 350 g/mol. The van der Waals surface area contributed by atoms with E-state index in [1.807, 2.05) is 18.2 Å². The Balaban J connectivity index is 2.76. The van der Waals surface area contributed by atoms with Crippen LogP contribution in [0.4, 0.5) is 5.69 Å². The fraction of sp³-hybridized carbons (Fsp3) is 0.400. The van der Waals surface area contributed by atoms with Crippen LogP contribution in [-0.2, 0) is 0 Å². The van der Waals surface area contributed by atoms with Gasteiger partial charge in [-0.2, -0.15) is 0 Å². The van der Waals surface area contributed by atoms with Gasteiger partial charge in [0.25, 0.3) is 0 Å². The van der Waals surface area contributed by atoms with E-state index in [4.69, 9.17) is 18.9 Å². The summed E-state index contributed by atoms with van der Waals surface area (Å²) in [6.45, 7) is 4.13. The van der Waals surface area contributed by atoms with Crippen LogP contribution in [0.2, 0.25) is 0 Å². The summed E-state index contributed by atoms with van der Waals surface area (Å²) in [5.74, 6) is 2.00. The van der Waals surface area contributed by atoms with Crippen molar-refractivity contribution < 1.29 is 23.9 Å². The first-order valence-electron chi connectivity index (χ1n) is 8.50. The summed E-state index contributed by atoms with van der Waals surface area (Å²) < 4.78 is 21.7. The monoisotopic (exact) mass is 375 g/mol. The van der Waals surface area contributed by atoms with Gasteiger partial charge < -0.3 is 18.9 Å². The van der Waals surface area contributed by atoms with Crippen LogP contribution < -0.4 is 18.9 Å². The van der Waals surface area contributed by atoms with Gasteiger partial charge in [0.05, 0.1) is 39.4 Å². The van der Waals surface area contributed by atoms with Gasteiger partial charge in [-0.25, -0.2) is 0 Å². The lowest BCUT2D eigenvalue weighted by Gasteiger charge is -2.26. The molecule has 0 spiro atoms. The fourth-order valence-electron chi connectivity index (χ4n) is 3.26. The molecule has 0 aliphatic rings. The Bertz CT molecular complexity index is 818. The molecule has 0 heterocycles. The van der Waals surface area contributed by atoms with Crippen molar-refractivity contribution in [2.75, 3.05) is 28.4 Å². The van der Waals surface area contributed by atoms with E-state index in [-0.39, 0.29) is 23.3 Å². The summed E-state index contributed by atoms with van der Waals surface area (Å²) in [5.41, 5.74) is 1.54. The standard InChI is InChI=1S/C20H25NO6/c1-12(2)20(14-9-13(24-3)7-8-17(14)25-4)15-10-19(27-6)16(21(22)23)11-18(15)26-5/h7-12,20H,1-6H3. The van der Waals surface area contributed by atoms with Crippen molar-refractivity contribution in [3.63, 3.8) is 0 Å². The van der Waals surface area contributed by atoms with E-state index < -0.39 is 4.92 Å². The van der Waals surface area contributed by atoms with E-state index in [0.717, 1.165) is 11.1 Å². The van der Waals surface area contributed by atoms with Crippen LogP contribution in [0, 0.1) is 16.0 Å². The van der Waals surface area contributed by atoms with Gasteiger partial charge in [-0.05, 0) is 30.2 Å². The van der Waals surface area contributed by atoms with Crippen molar-refractivity contribution in [1.29, 1.82) is 0 Å². The molecule has 1 unspecified atom stereocenters. The lowest BCUT2D eigenvalue weighted by Crippen LogP contribution is -2.12. The van der Waals surface area contributed by atoms with Crippen molar-refractivity contribution in [2.24, 2.45) is 5.92 Å². The number of methoxy groups -OCH3 is 4. The Morgan fingerprint density at radius 2 is 1.41 bits per heavy atom. The molecule has 1 atom stereocenters. The molecule has 2 aromatic carbocycles. The topological polar surface area (TPSA) is 80.1 Å². The zero-order chi connectivity index (χ0) is 20.1. The summed E-state index contributed by atoms with van der Waals surface area (Å²) in [6, 6.07) is 8.65. The molecule has 0 N–H and O–H groups in total. The molecule has 0 aliphatic carbocycles. The highest BCUT2D eigenvalue weighted by Gasteiger charge is 2.29. The van der Waals surface area contributed by atoms with Crippen LogP contribution in [0.5, 0.6) is 23.0 Å². The second-order valence-corrected chi connectivity index (χ2v) is 6.35. The van der Waals surface area contributed by atoms with Gasteiger partial charge in [-0.1, -0.05) is 13.8 Å². The predicted octanol–water partition coefficient (Wildman–Crippen LogP) is 4.42. The number of rotatable bonds is 8. The average Bonchev–Trinajstić information content (AvgIpc) is 2.67. The van der Waals surface area contributed by atoms with Gasteiger partial charge in [0, 0.05) is 17.0 Å². The molecule has 146 valence electrons. The smallest absolute Gasteiger partial charge is 0.314 e. The maximum absolute atomic E-state index is 11.4. The molecule has 0 saturated heterocycles. The van der Waals surface area contributed by atoms with Gasteiger partial charge >= 0.3 is 5.69 Å². The van der Waals surface area contributed by atoms with Gasteiger partial charge in [-0.15, -0.1) is 0 Å². The van der Waals surface area contributed by atoms with E-state index in [2.05, 4.69) is 13.8 Å². The van der Waals surface area contributed by atoms with Crippen molar-refractivity contribution in [1.82, 2.24) is 0 Å². The van der Waals surface area contributed by atoms with Gasteiger partial charge in [0.1, 0.15) is 17.2 Å². The van der Waals surface area contributed by atoms with Crippen LogP contribution in [0.1, 0.15) is 30.9 Å². The fourth-order valence-corrected chi connectivity index (χ4v) is 3.26. The minimum Gasteiger partial charge on any atom is -0.497 e. The zero-order valence-corrected chi connectivity index (χ0v) is 16.4. The third kappa shape index (κ3) is 4.07. The van der Waals surface area contributed by atoms with Gasteiger partial charge in [0.2, 0.25) is 0 Å². The average molecular weight is 375 g/mol. The Kier molecular flexibility index (Phi) is 6.50. The van der Waals surface area contributed by atoms with Gasteiger partial charge in [0.15, 0.2) is 5.75 Å². The van der Waals surface area contributed by atoms with Crippen LogP contribution in [-0.4, -0.2) is 33.4 Å². The van der Waals surface area contributed by atoms with E-state index in [0.29, 0.717) is 17.2 Å². The lowest BCUT2D eigenvalue weighted by molar-refractivity contribution is -0.385. The molecule has 7 nitrogen and oxygen atoms in total. The molecule has 0 fully saturated rings. The summed E-state index contributed by atoms with van der Waals surface area (Å²) in [4.78, 5) is 10.9. The maximum Gasteiger partial charge on any atom is 0.314 e. The Labute approximate surface area is 159 Å². The summed E-state index contributed by atoms with van der Waals surface area (Å²) >= 11 is 0. The highest BCUT2D eigenvalue weighted by atomic mass is 16.6. The molecule has 2 rings (SSSR count). The Morgan fingerprint density at radius 1 is 0.815 bits per heavy atom. The minimum absolute atomic E-state index is 0.141. The van der Waals surface area contributed by atoms with E-state index >= 15 is 0 Å². The van der Waals surface area contributed by atoms with Crippen LogP contribution in [0.3, 0.4) is 0 Å². The van der Waals surface area contributed by atoms with Crippen molar-refractivity contribution >= 4 is 5.69 Å². The van der Waals surface area contributed by atoms with Gasteiger partial charge in [-0.3, -0.25) is 10.1 Å². The Morgan fingerprint density at radius 3 is 1.89 bits per heavy atom. The highest BCUT2D eigenvalue weighted by Crippen LogP contribution is 2.45. The minimum atomic E-state index is -0.484. The molecular formula is C20H25NO6. The van der Waals surface area contributed by atoms with Crippen LogP contribution in [0.25, 0.3) is 0 Å². The molecule has 0 bridgehead atoms. The number of hydrogen-bond acceptors (Lipinski definition) is 6. The summed E-state index contributed by atoms with van der Waals surface area (Å²) in [5, 5.41) is 11.4. The number of benzene rings is 2. The molecule has 27 heavy (non-hydrogen) atoms. The third-order valence-corrected chi connectivity index (χ3v) is 4.50. The van der Waals surface area contributed by atoms with E-state index in [1.165, 1.54) is 20.3 Å². The first-order chi connectivity index (χ1) is 12.9. The highest BCUT2D eigenvalue weighted by molar-refractivity contribution is 5.59. The zero-order valence-electron chi connectivity index (χ0n) is 16.4. The molecule has 2 aromatic rings. The maximum atomic E-state index is 11.4. The SMILES string of the molecule is COc1ccc(OC)c(C(c2cc(OC)c([N+](=O)[O-])cc2OC)C(C)C)c1. The number of nitro benzene ring substituents is 1. The molecule has 7 heteroatoms. The molecule has 0 radical (unpaired) electrons. The number of nitrogens with zero attached hydrogens (tertiary/aromatic N) is 1. The van der Waals surface area contributed by atoms with Crippen molar-refractivity contribution in [2.45, 2.75) is 19.8 Å². The number of hydrogen-bond donors (Lipinski definition) is 0. The Hall–Kier alpha value is -2.96. The normalized spacial score (nSPS) is 11.8. The van der Waals surface area contributed by atoms with Crippen LogP contribution in [0.15, 0.2) is 30.3 Å². The number of ether oxygens (including phenoxy) is 4. The lowest BCUT2D eigenvalue weighted by atomic mass is 9.81. The largest absolute Gasteiger partial charge is 0.497 e. The third-order valence-electron chi connectivity index (χ3n) is 4.50. The summed E-state index contributed by atoms with van der Waals surface area (Å²) in [7, 11) is 6.12. The second kappa shape index (κ2) is 8.62. The molecule has 0 saturated carbocycles. The predicted molar refractivity (Wildman–Crippen MR) is 102 cm³/mol. The van der Waals surface area contributed by atoms with E-state index in [9.17, 15) is 10.1 Å². The first kappa shape index (κ1) is 20.4. The molecule has 0 amide bonds. The second-order valence-electron chi connectivity index (χ2n) is 6.35. The summed E-state index contributed by atoms with van der Waals surface area (Å²) in [6.07, 6.45) is 0. The first-order valence-corrected chi connectivity index (χ1v) is 8.50. The van der Waals surface area contributed by atoms with Crippen molar-refractivity contribution in [3.8, 4) is 23.0 Å².